The van der Waals surface area contributed by atoms with Crippen molar-refractivity contribution in [2.45, 2.75) is 17.7 Å². The Bertz CT molecular complexity index is 977. The average molecular weight is 345 g/mol. The van der Waals surface area contributed by atoms with Crippen LogP contribution in [-0.2, 0) is 16.3 Å². The molecule has 0 saturated carbocycles. The number of alkyl halides is 1. The van der Waals surface area contributed by atoms with Gasteiger partial charge in [-0.05, 0) is 30.7 Å². The van der Waals surface area contributed by atoms with E-state index in [4.69, 9.17) is 10.00 Å². The van der Waals surface area contributed by atoms with Gasteiger partial charge in [-0.15, -0.1) is 0 Å². The number of hydrogen-bond donors (Lipinski definition) is 0. The fraction of sp³-hybridized carbons (Fsp3) is 0.176. The molecule has 0 aromatic heterocycles. The monoisotopic (exact) mass is 345 g/mol. The standard InChI is InChI=1S/C17H12FNO4S/c18-10-24(21,22)16-8-7-15(12-5-6-13(20)17(12)16)23-14-4-2-1-3-11(14)9-19/h1-4,7-8H,5-6,10H2. The van der Waals surface area contributed by atoms with Gasteiger partial charge >= 0.3 is 0 Å². The molecule has 2 aromatic carbocycles. The van der Waals surface area contributed by atoms with Gasteiger partial charge in [-0.1, -0.05) is 12.1 Å². The zero-order valence-corrected chi connectivity index (χ0v) is 13.3. The summed E-state index contributed by atoms with van der Waals surface area (Å²) in [5.41, 5.74) is 0.748. The number of carbonyl (C=O) groups is 1. The first-order valence-electron chi connectivity index (χ1n) is 7.12. The number of rotatable bonds is 4. The molecule has 0 heterocycles. The number of fused-ring (bicyclic) bond motifs is 1. The second-order valence-corrected chi connectivity index (χ2v) is 7.16. The van der Waals surface area contributed by atoms with Gasteiger partial charge in [0.1, 0.15) is 17.6 Å². The minimum atomic E-state index is -4.15. The van der Waals surface area contributed by atoms with Crippen molar-refractivity contribution in [1.82, 2.24) is 0 Å². The Morgan fingerprint density at radius 2 is 1.88 bits per heavy atom. The van der Waals surface area contributed by atoms with Gasteiger partial charge in [0.2, 0.25) is 9.84 Å². The Morgan fingerprint density at radius 1 is 1.12 bits per heavy atom. The Morgan fingerprint density at radius 3 is 2.58 bits per heavy atom. The lowest BCUT2D eigenvalue weighted by molar-refractivity contribution is 0.0991. The summed E-state index contributed by atoms with van der Waals surface area (Å²) in [6.45, 7) is 0. The lowest BCUT2D eigenvalue weighted by atomic mass is 10.1. The van der Waals surface area contributed by atoms with Crippen molar-refractivity contribution in [3.8, 4) is 17.6 Å². The van der Waals surface area contributed by atoms with Crippen molar-refractivity contribution in [2.75, 3.05) is 6.01 Å². The van der Waals surface area contributed by atoms with Gasteiger partial charge in [0.15, 0.2) is 11.8 Å². The highest BCUT2D eigenvalue weighted by atomic mass is 32.2. The maximum atomic E-state index is 12.8. The molecule has 0 radical (unpaired) electrons. The molecular weight excluding hydrogens is 333 g/mol. The second-order valence-electron chi connectivity index (χ2n) is 5.27. The maximum Gasteiger partial charge on any atom is 0.208 e. The Kier molecular flexibility index (Phi) is 4.08. The number of ether oxygens (including phenoxy) is 1. The number of hydrogen-bond acceptors (Lipinski definition) is 5. The quantitative estimate of drug-likeness (QED) is 0.850. The lowest BCUT2D eigenvalue weighted by Gasteiger charge is -2.13. The van der Waals surface area contributed by atoms with Crippen LogP contribution in [0, 0.1) is 11.3 Å². The summed E-state index contributed by atoms with van der Waals surface area (Å²) in [5.74, 6) is 0.259. The fourth-order valence-corrected chi connectivity index (χ4v) is 3.65. The molecule has 2 aromatic rings. The van der Waals surface area contributed by atoms with Crippen LogP contribution in [0.25, 0.3) is 0 Å². The molecule has 3 rings (SSSR count). The van der Waals surface area contributed by atoms with Crippen LogP contribution in [0.15, 0.2) is 41.3 Å². The van der Waals surface area contributed by atoms with Crippen molar-refractivity contribution in [3.63, 3.8) is 0 Å². The summed E-state index contributed by atoms with van der Waals surface area (Å²) >= 11 is 0. The van der Waals surface area contributed by atoms with E-state index in [1.54, 1.807) is 24.3 Å². The van der Waals surface area contributed by atoms with E-state index in [2.05, 4.69) is 0 Å². The average Bonchev–Trinajstić information content (AvgIpc) is 2.98. The molecule has 0 unspecified atom stereocenters. The SMILES string of the molecule is N#Cc1ccccc1Oc1ccc(S(=O)(=O)CF)c2c1CCC2=O. The molecule has 24 heavy (non-hydrogen) atoms. The molecular formula is C17H12FNO4S. The normalized spacial score (nSPS) is 13.4. The number of para-hydroxylation sites is 1. The predicted molar refractivity (Wildman–Crippen MR) is 83.5 cm³/mol. The van der Waals surface area contributed by atoms with E-state index in [0.717, 1.165) is 0 Å². The fourth-order valence-electron chi connectivity index (χ4n) is 2.70. The van der Waals surface area contributed by atoms with Crippen LogP contribution < -0.4 is 4.74 Å². The van der Waals surface area contributed by atoms with Crippen molar-refractivity contribution < 1.29 is 22.3 Å². The summed E-state index contributed by atoms with van der Waals surface area (Å²) in [5, 5.41) is 9.11. The third-order valence-electron chi connectivity index (χ3n) is 3.82. The number of nitriles is 1. The van der Waals surface area contributed by atoms with E-state index in [0.29, 0.717) is 29.0 Å². The number of halogens is 1. The predicted octanol–water partition coefficient (Wildman–Crippen LogP) is 3.18. The first kappa shape index (κ1) is 16.1. The summed E-state index contributed by atoms with van der Waals surface area (Å²) in [6, 6.07) is 9.59. The van der Waals surface area contributed by atoms with Crippen LogP contribution in [0.2, 0.25) is 0 Å². The van der Waals surface area contributed by atoms with E-state index in [1.807, 2.05) is 6.07 Å². The molecule has 0 aliphatic heterocycles. The molecule has 0 spiro atoms. The molecule has 0 fully saturated rings. The van der Waals surface area contributed by atoms with Gasteiger partial charge in [0, 0.05) is 17.5 Å². The van der Waals surface area contributed by atoms with Crippen molar-refractivity contribution in [3.05, 3.63) is 53.1 Å². The number of carbonyl (C=O) groups excluding carboxylic acids is 1. The summed E-state index contributed by atoms with van der Waals surface area (Å²) < 4.78 is 42.3. The third kappa shape index (κ3) is 2.65. The van der Waals surface area contributed by atoms with Crippen LogP contribution in [0.3, 0.4) is 0 Å². The van der Waals surface area contributed by atoms with E-state index in [9.17, 15) is 17.6 Å². The van der Waals surface area contributed by atoms with Gasteiger partial charge in [-0.2, -0.15) is 5.26 Å². The lowest BCUT2D eigenvalue weighted by Crippen LogP contribution is -2.09. The molecule has 1 aliphatic rings. The van der Waals surface area contributed by atoms with Gasteiger partial charge in [0.25, 0.3) is 0 Å². The smallest absolute Gasteiger partial charge is 0.208 e. The minimum Gasteiger partial charge on any atom is -0.456 e. The number of nitrogens with zero attached hydrogens (tertiary/aromatic N) is 1. The summed E-state index contributed by atoms with van der Waals surface area (Å²) in [6.07, 6.45) is 0.457. The summed E-state index contributed by atoms with van der Waals surface area (Å²) in [7, 11) is -4.15. The van der Waals surface area contributed by atoms with Crippen molar-refractivity contribution in [1.29, 1.82) is 5.26 Å². The van der Waals surface area contributed by atoms with Crippen LogP contribution in [0.1, 0.15) is 27.9 Å². The maximum absolute atomic E-state index is 12.8. The molecule has 0 atom stereocenters. The number of benzene rings is 2. The highest BCUT2D eigenvalue weighted by Crippen LogP contribution is 2.38. The van der Waals surface area contributed by atoms with Gasteiger partial charge in [-0.25, -0.2) is 12.8 Å². The Labute approximate surface area is 138 Å². The van der Waals surface area contributed by atoms with E-state index < -0.39 is 15.8 Å². The Hall–Kier alpha value is -2.72. The molecule has 0 N–H and O–H groups in total. The highest BCUT2D eigenvalue weighted by molar-refractivity contribution is 7.91. The largest absolute Gasteiger partial charge is 0.456 e. The van der Waals surface area contributed by atoms with Crippen LogP contribution in [0.5, 0.6) is 11.5 Å². The van der Waals surface area contributed by atoms with Crippen molar-refractivity contribution in [2.24, 2.45) is 0 Å². The van der Waals surface area contributed by atoms with E-state index in [-0.39, 0.29) is 22.7 Å². The molecule has 1 aliphatic carbocycles. The first-order valence-corrected chi connectivity index (χ1v) is 8.78. The van der Waals surface area contributed by atoms with E-state index in [1.165, 1.54) is 12.1 Å². The van der Waals surface area contributed by atoms with Crippen LogP contribution in [0.4, 0.5) is 4.39 Å². The van der Waals surface area contributed by atoms with Crippen molar-refractivity contribution >= 4 is 15.6 Å². The van der Waals surface area contributed by atoms with Crippen LogP contribution >= 0.6 is 0 Å². The van der Waals surface area contributed by atoms with E-state index >= 15 is 0 Å². The topological polar surface area (TPSA) is 84.2 Å². The zero-order valence-electron chi connectivity index (χ0n) is 12.5. The molecule has 0 saturated heterocycles. The number of ketones is 1. The molecule has 7 heteroatoms. The summed E-state index contributed by atoms with van der Waals surface area (Å²) in [4.78, 5) is 11.8. The molecule has 122 valence electrons. The number of Topliss-reactive ketones (excluding diaryl/α,β-unsaturated/α-hetero) is 1. The second kappa shape index (κ2) is 6.06. The number of sulfone groups is 1. The first-order chi connectivity index (χ1) is 11.5. The zero-order chi connectivity index (χ0) is 17.3. The van der Waals surface area contributed by atoms with Gasteiger partial charge in [0.05, 0.1) is 10.5 Å². The molecule has 0 amide bonds. The minimum absolute atomic E-state index is 0.000381. The molecule has 5 nitrogen and oxygen atoms in total. The third-order valence-corrected chi connectivity index (χ3v) is 5.12. The van der Waals surface area contributed by atoms with Gasteiger partial charge < -0.3 is 4.74 Å². The van der Waals surface area contributed by atoms with Crippen LogP contribution in [-0.4, -0.2) is 20.2 Å². The molecule has 0 bridgehead atoms. The Balaban J connectivity index is 2.13. The highest BCUT2D eigenvalue weighted by Gasteiger charge is 2.31. The van der Waals surface area contributed by atoms with Gasteiger partial charge in [-0.3, -0.25) is 4.79 Å².